The summed E-state index contributed by atoms with van der Waals surface area (Å²) in [7, 11) is -2.84. The summed E-state index contributed by atoms with van der Waals surface area (Å²) in [6.07, 6.45) is 4.48. The quantitative estimate of drug-likeness (QED) is 0.902. The van der Waals surface area contributed by atoms with Crippen LogP contribution in [-0.4, -0.2) is 45.5 Å². The maximum absolute atomic E-state index is 11.4. The number of hydrogen-bond donors (Lipinski definition) is 1. The van der Waals surface area contributed by atoms with Crippen LogP contribution in [0.15, 0.2) is 12.7 Å². The van der Waals surface area contributed by atoms with E-state index in [2.05, 4.69) is 20.3 Å². The van der Waals surface area contributed by atoms with Crippen molar-refractivity contribution in [2.45, 2.75) is 32.4 Å². The Hall–Kier alpha value is -1.70. The molecule has 0 radical (unpaired) electrons. The van der Waals surface area contributed by atoms with Gasteiger partial charge in [-0.1, -0.05) is 0 Å². The number of aryl methyl sites for hydroxylation is 1. The smallest absolute Gasteiger partial charge is 0.165 e. The Morgan fingerprint density at radius 2 is 2.05 bits per heavy atom. The van der Waals surface area contributed by atoms with Crippen LogP contribution in [0.1, 0.15) is 19.8 Å². The van der Waals surface area contributed by atoms with Gasteiger partial charge < -0.3 is 9.88 Å². The second kappa shape index (κ2) is 5.01. The third kappa shape index (κ3) is 2.47. The van der Waals surface area contributed by atoms with Crippen LogP contribution in [0.3, 0.4) is 0 Å². The standard InChI is InChI=1S/C12H17N5O2S/c1-2-17-8-15-10-11(13-7-14-12(10)17)16-9-3-5-20(18,19)6-4-9/h7-9H,2-6H2,1H3,(H,13,14,16). The second-order valence-corrected chi connectivity index (χ2v) is 7.30. The summed E-state index contributed by atoms with van der Waals surface area (Å²) in [5.74, 6) is 1.16. The third-order valence-corrected chi connectivity index (χ3v) is 5.35. The first-order chi connectivity index (χ1) is 9.59. The number of nitrogens with zero attached hydrogens (tertiary/aromatic N) is 4. The fourth-order valence-corrected chi connectivity index (χ4v) is 3.94. The molecule has 2 aromatic rings. The number of sulfone groups is 1. The van der Waals surface area contributed by atoms with Crippen LogP contribution in [0.25, 0.3) is 11.2 Å². The number of anilines is 1. The van der Waals surface area contributed by atoms with E-state index in [1.807, 2.05) is 11.5 Å². The largest absolute Gasteiger partial charge is 0.365 e. The number of nitrogens with one attached hydrogen (secondary N) is 1. The monoisotopic (exact) mass is 295 g/mol. The summed E-state index contributed by atoms with van der Waals surface area (Å²) in [6.45, 7) is 2.83. The van der Waals surface area contributed by atoms with Crippen molar-refractivity contribution in [1.29, 1.82) is 0 Å². The van der Waals surface area contributed by atoms with Crippen molar-refractivity contribution in [2.75, 3.05) is 16.8 Å². The fraction of sp³-hybridized carbons (Fsp3) is 0.583. The van der Waals surface area contributed by atoms with E-state index in [4.69, 9.17) is 0 Å². The lowest BCUT2D eigenvalue weighted by Gasteiger charge is -2.23. The van der Waals surface area contributed by atoms with Gasteiger partial charge in [-0.05, 0) is 19.8 Å². The minimum Gasteiger partial charge on any atom is -0.365 e. The first-order valence-electron chi connectivity index (χ1n) is 6.72. The fourth-order valence-electron chi connectivity index (χ4n) is 2.45. The van der Waals surface area contributed by atoms with Crippen molar-refractivity contribution in [3.63, 3.8) is 0 Å². The van der Waals surface area contributed by atoms with Gasteiger partial charge in [-0.25, -0.2) is 23.4 Å². The SMILES string of the molecule is CCn1cnc2c(NC3CCS(=O)(=O)CC3)ncnc21. The molecule has 108 valence electrons. The Kier molecular flexibility index (Phi) is 3.33. The van der Waals surface area contributed by atoms with E-state index in [1.54, 1.807) is 6.33 Å². The molecular formula is C12H17N5O2S. The van der Waals surface area contributed by atoms with E-state index < -0.39 is 9.84 Å². The predicted molar refractivity (Wildman–Crippen MR) is 76.3 cm³/mol. The predicted octanol–water partition coefficient (Wildman–Crippen LogP) is 0.835. The Morgan fingerprint density at radius 3 is 2.75 bits per heavy atom. The Morgan fingerprint density at radius 1 is 1.30 bits per heavy atom. The molecule has 0 bridgehead atoms. The molecule has 1 aliphatic heterocycles. The summed E-state index contributed by atoms with van der Waals surface area (Å²) in [6, 6.07) is 0.128. The first-order valence-corrected chi connectivity index (χ1v) is 8.54. The van der Waals surface area contributed by atoms with Crippen LogP contribution in [-0.2, 0) is 16.4 Å². The Bertz CT molecular complexity index is 711. The van der Waals surface area contributed by atoms with Crippen molar-refractivity contribution in [2.24, 2.45) is 0 Å². The molecule has 0 saturated carbocycles. The van der Waals surface area contributed by atoms with E-state index in [-0.39, 0.29) is 17.5 Å². The highest BCUT2D eigenvalue weighted by atomic mass is 32.2. The zero-order chi connectivity index (χ0) is 14.2. The molecule has 1 N–H and O–H groups in total. The average Bonchev–Trinajstić information content (AvgIpc) is 2.85. The molecule has 1 fully saturated rings. The van der Waals surface area contributed by atoms with Gasteiger partial charge >= 0.3 is 0 Å². The molecule has 0 unspecified atom stereocenters. The molecule has 0 spiro atoms. The van der Waals surface area contributed by atoms with Crippen molar-refractivity contribution < 1.29 is 8.42 Å². The van der Waals surface area contributed by atoms with Gasteiger partial charge in [0.15, 0.2) is 11.5 Å². The van der Waals surface area contributed by atoms with Crippen LogP contribution in [0.2, 0.25) is 0 Å². The van der Waals surface area contributed by atoms with Crippen molar-refractivity contribution >= 4 is 26.8 Å². The van der Waals surface area contributed by atoms with Gasteiger partial charge in [0.2, 0.25) is 0 Å². The lowest BCUT2D eigenvalue weighted by Crippen LogP contribution is -2.32. The van der Waals surface area contributed by atoms with Crippen LogP contribution in [0.4, 0.5) is 5.82 Å². The molecule has 8 heteroatoms. The number of aromatic nitrogens is 4. The minimum absolute atomic E-state index is 0.128. The summed E-state index contributed by atoms with van der Waals surface area (Å²) < 4.78 is 24.8. The summed E-state index contributed by atoms with van der Waals surface area (Å²) >= 11 is 0. The Balaban J connectivity index is 1.83. The summed E-state index contributed by atoms with van der Waals surface area (Å²) in [4.78, 5) is 12.8. The van der Waals surface area contributed by atoms with Crippen LogP contribution >= 0.6 is 0 Å². The molecule has 1 aliphatic rings. The van der Waals surface area contributed by atoms with E-state index in [0.717, 1.165) is 17.7 Å². The zero-order valence-corrected chi connectivity index (χ0v) is 12.1. The molecule has 7 nitrogen and oxygen atoms in total. The molecule has 0 amide bonds. The second-order valence-electron chi connectivity index (χ2n) is 5.00. The third-order valence-electron chi connectivity index (χ3n) is 3.64. The molecule has 20 heavy (non-hydrogen) atoms. The molecule has 1 saturated heterocycles. The van der Waals surface area contributed by atoms with E-state index in [9.17, 15) is 8.42 Å². The van der Waals surface area contributed by atoms with Crippen molar-refractivity contribution in [3.05, 3.63) is 12.7 Å². The van der Waals surface area contributed by atoms with Crippen molar-refractivity contribution in [1.82, 2.24) is 19.5 Å². The highest BCUT2D eigenvalue weighted by molar-refractivity contribution is 7.91. The maximum Gasteiger partial charge on any atom is 0.165 e. The number of rotatable bonds is 3. The normalized spacial score (nSPS) is 19.2. The number of imidazole rings is 1. The van der Waals surface area contributed by atoms with Crippen LogP contribution in [0, 0.1) is 0 Å². The van der Waals surface area contributed by atoms with Gasteiger partial charge in [0, 0.05) is 12.6 Å². The zero-order valence-electron chi connectivity index (χ0n) is 11.3. The maximum atomic E-state index is 11.4. The molecule has 2 aromatic heterocycles. The summed E-state index contributed by atoms with van der Waals surface area (Å²) in [5.41, 5.74) is 1.54. The van der Waals surface area contributed by atoms with Gasteiger partial charge in [0.25, 0.3) is 0 Å². The van der Waals surface area contributed by atoms with E-state index in [0.29, 0.717) is 18.7 Å². The lowest BCUT2D eigenvalue weighted by atomic mass is 10.1. The number of hydrogen-bond acceptors (Lipinski definition) is 6. The molecule has 0 aliphatic carbocycles. The molecule has 3 rings (SSSR count). The van der Waals surface area contributed by atoms with Crippen LogP contribution < -0.4 is 5.32 Å². The Labute approximate surface area is 117 Å². The van der Waals surface area contributed by atoms with Gasteiger partial charge in [0.05, 0.1) is 17.8 Å². The lowest BCUT2D eigenvalue weighted by molar-refractivity contribution is 0.559. The minimum atomic E-state index is -2.84. The topological polar surface area (TPSA) is 89.8 Å². The van der Waals surface area contributed by atoms with Gasteiger partial charge in [-0.3, -0.25) is 0 Å². The average molecular weight is 295 g/mol. The van der Waals surface area contributed by atoms with Crippen molar-refractivity contribution in [3.8, 4) is 0 Å². The van der Waals surface area contributed by atoms with E-state index in [1.165, 1.54) is 6.33 Å². The molecular weight excluding hydrogens is 278 g/mol. The molecule has 0 atom stereocenters. The van der Waals surface area contributed by atoms with Gasteiger partial charge in [0.1, 0.15) is 21.7 Å². The highest BCUT2D eigenvalue weighted by Crippen LogP contribution is 2.21. The number of fused-ring (bicyclic) bond motifs is 1. The highest BCUT2D eigenvalue weighted by Gasteiger charge is 2.24. The van der Waals surface area contributed by atoms with Crippen LogP contribution in [0.5, 0.6) is 0 Å². The van der Waals surface area contributed by atoms with Gasteiger partial charge in [-0.15, -0.1) is 0 Å². The molecule has 3 heterocycles. The first kappa shape index (κ1) is 13.3. The summed E-state index contributed by atoms with van der Waals surface area (Å²) in [5, 5.41) is 3.31. The molecule has 0 aromatic carbocycles. The van der Waals surface area contributed by atoms with E-state index >= 15 is 0 Å². The van der Waals surface area contributed by atoms with Gasteiger partial charge in [-0.2, -0.15) is 0 Å².